The number of ether oxygens (including phenoxy) is 1. The normalized spacial score (nSPS) is 11.2. The molecule has 0 saturated carbocycles. The molecular weight excluding hydrogens is 399 g/mol. The van der Waals surface area contributed by atoms with E-state index in [9.17, 15) is 4.39 Å². The minimum Gasteiger partial charge on any atom is -0.494 e. The monoisotopic (exact) mass is 422 g/mol. The molecule has 0 aliphatic heterocycles. The maximum atomic E-state index is 13.4. The molecule has 0 unspecified atom stereocenters. The molecule has 3 nitrogen and oxygen atoms in total. The Hall–Kier alpha value is -2.85. The Morgan fingerprint density at radius 3 is 2.40 bits per heavy atom. The van der Waals surface area contributed by atoms with Gasteiger partial charge in [-0.3, -0.25) is 0 Å². The number of imidazole rings is 1. The Labute approximate surface area is 181 Å². The fourth-order valence-electron chi connectivity index (χ4n) is 3.67. The van der Waals surface area contributed by atoms with Gasteiger partial charge in [0.25, 0.3) is 0 Å². The van der Waals surface area contributed by atoms with Gasteiger partial charge < -0.3 is 9.30 Å². The van der Waals surface area contributed by atoms with E-state index in [-0.39, 0.29) is 5.82 Å². The summed E-state index contributed by atoms with van der Waals surface area (Å²) in [5.41, 5.74) is 5.00. The summed E-state index contributed by atoms with van der Waals surface area (Å²) in [6.45, 7) is 5.43. The molecule has 5 heteroatoms. The van der Waals surface area contributed by atoms with Gasteiger partial charge in [-0.1, -0.05) is 23.7 Å². The van der Waals surface area contributed by atoms with E-state index >= 15 is 0 Å². The van der Waals surface area contributed by atoms with E-state index in [1.54, 1.807) is 12.1 Å². The van der Waals surface area contributed by atoms with E-state index in [2.05, 4.69) is 10.6 Å². The van der Waals surface area contributed by atoms with Crippen molar-refractivity contribution in [2.24, 2.45) is 0 Å². The van der Waals surface area contributed by atoms with Crippen molar-refractivity contribution in [1.82, 2.24) is 9.55 Å². The van der Waals surface area contributed by atoms with Crippen LogP contribution in [0.3, 0.4) is 0 Å². The third-order valence-corrected chi connectivity index (χ3v) is 5.81. The minimum absolute atomic E-state index is 0.244. The molecule has 0 N–H and O–H groups in total. The first-order chi connectivity index (χ1) is 14.5. The lowest BCUT2D eigenvalue weighted by Gasteiger charge is -2.12. The Morgan fingerprint density at radius 1 is 0.967 bits per heavy atom. The van der Waals surface area contributed by atoms with Gasteiger partial charge in [-0.05, 0) is 86.3 Å². The van der Waals surface area contributed by atoms with Crippen molar-refractivity contribution in [2.45, 2.75) is 33.2 Å². The summed E-state index contributed by atoms with van der Waals surface area (Å²) < 4.78 is 21.5. The molecule has 0 aliphatic carbocycles. The van der Waals surface area contributed by atoms with Gasteiger partial charge in [0, 0.05) is 17.1 Å². The molecule has 3 aromatic carbocycles. The van der Waals surface area contributed by atoms with Gasteiger partial charge in [0.05, 0.1) is 17.6 Å². The van der Waals surface area contributed by atoms with E-state index in [1.807, 2.05) is 44.2 Å². The summed E-state index contributed by atoms with van der Waals surface area (Å²) in [4.78, 5) is 4.78. The third-order valence-electron chi connectivity index (χ3n) is 5.21. The van der Waals surface area contributed by atoms with Crippen molar-refractivity contribution in [2.75, 3.05) is 6.61 Å². The Morgan fingerprint density at radius 2 is 1.67 bits per heavy atom. The second kappa shape index (κ2) is 8.88. The SMILES string of the molecule is Cc1cc(OCCCCn2c(-c3ccc(F)cc3)nc3ccccc32)cc(C)c1Cl. The van der Waals surface area contributed by atoms with Gasteiger partial charge >= 0.3 is 0 Å². The van der Waals surface area contributed by atoms with Crippen molar-refractivity contribution in [3.05, 3.63) is 82.6 Å². The number of rotatable bonds is 7. The highest BCUT2D eigenvalue weighted by atomic mass is 35.5. The van der Waals surface area contributed by atoms with Crippen LogP contribution in [-0.4, -0.2) is 16.2 Å². The fraction of sp³-hybridized carbons (Fsp3) is 0.240. The van der Waals surface area contributed by atoms with Gasteiger partial charge in [-0.2, -0.15) is 0 Å². The van der Waals surface area contributed by atoms with Crippen molar-refractivity contribution in [1.29, 1.82) is 0 Å². The second-order valence-corrected chi connectivity index (χ2v) is 7.89. The molecule has 0 fully saturated rings. The standard InChI is InChI=1S/C25H24ClFN2O/c1-17-15-21(16-18(2)24(17)26)30-14-6-5-13-29-23-8-4-3-7-22(23)28-25(29)19-9-11-20(27)12-10-19/h3-4,7-12,15-16H,5-6,13-14H2,1-2H3. The van der Waals surface area contributed by atoms with Gasteiger partial charge in [0.15, 0.2) is 0 Å². The average molecular weight is 423 g/mol. The predicted molar refractivity (Wildman–Crippen MR) is 121 cm³/mol. The molecule has 154 valence electrons. The van der Waals surface area contributed by atoms with Crippen molar-refractivity contribution in [3.63, 3.8) is 0 Å². The highest BCUT2D eigenvalue weighted by Gasteiger charge is 2.12. The zero-order valence-electron chi connectivity index (χ0n) is 17.2. The third kappa shape index (κ3) is 4.34. The van der Waals surface area contributed by atoms with Crippen LogP contribution in [-0.2, 0) is 6.54 Å². The summed E-state index contributed by atoms with van der Waals surface area (Å²) in [5.74, 6) is 1.47. The number of fused-ring (bicyclic) bond motifs is 1. The maximum Gasteiger partial charge on any atom is 0.141 e. The second-order valence-electron chi connectivity index (χ2n) is 7.51. The molecule has 4 aromatic rings. The quantitative estimate of drug-likeness (QED) is 0.300. The summed E-state index contributed by atoms with van der Waals surface area (Å²) in [5, 5.41) is 0.794. The Balaban J connectivity index is 1.45. The van der Waals surface area contributed by atoms with Crippen LogP contribution < -0.4 is 4.74 Å². The average Bonchev–Trinajstić information content (AvgIpc) is 3.11. The van der Waals surface area contributed by atoms with Crippen LogP contribution in [0.15, 0.2) is 60.7 Å². The number of para-hydroxylation sites is 2. The number of aromatic nitrogens is 2. The number of halogens is 2. The van der Waals surface area contributed by atoms with Crippen LogP contribution >= 0.6 is 11.6 Å². The van der Waals surface area contributed by atoms with Gasteiger partial charge in [0.2, 0.25) is 0 Å². The predicted octanol–water partition coefficient (Wildman–Crippen LogP) is 6.97. The molecular formula is C25H24ClFN2O. The first kappa shape index (κ1) is 20.4. The fourth-order valence-corrected chi connectivity index (χ4v) is 3.78. The molecule has 0 spiro atoms. The Kier molecular flexibility index (Phi) is 6.05. The summed E-state index contributed by atoms with van der Waals surface area (Å²) >= 11 is 6.23. The lowest BCUT2D eigenvalue weighted by atomic mass is 10.1. The van der Waals surface area contributed by atoms with Crippen LogP contribution in [0.25, 0.3) is 22.4 Å². The number of hydrogen-bond acceptors (Lipinski definition) is 2. The molecule has 0 aliphatic rings. The summed E-state index contributed by atoms with van der Waals surface area (Å²) in [6.07, 6.45) is 1.86. The minimum atomic E-state index is -0.244. The van der Waals surface area contributed by atoms with E-state index in [4.69, 9.17) is 21.3 Å². The maximum absolute atomic E-state index is 13.4. The topological polar surface area (TPSA) is 27.1 Å². The first-order valence-corrected chi connectivity index (χ1v) is 10.5. The zero-order chi connectivity index (χ0) is 21.1. The molecule has 1 aromatic heterocycles. The number of nitrogens with zero attached hydrogens (tertiary/aromatic N) is 2. The lowest BCUT2D eigenvalue weighted by Crippen LogP contribution is -2.04. The smallest absolute Gasteiger partial charge is 0.141 e. The molecule has 1 heterocycles. The van der Waals surface area contributed by atoms with Crippen LogP contribution in [0.1, 0.15) is 24.0 Å². The zero-order valence-corrected chi connectivity index (χ0v) is 17.9. The molecule has 0 amide bonds. The molecule has 0 radical (unpaired) electrons. The van der Waals surface area contributed by atoms with Crippen LogP contribution in [0.2, 0.25) is 5.02 Å². The molecule has 0 atom stereocenters. The van der Waals surface area contributed by atoms with E-state index in [0.29, 0.717) is 6.61 Å². The molecule has 0 bridgehead atoms. The largest absolute Gasteiger partial charge is 0.494 e. The number of hydrogen-bond donors (Lipinski definition) is 0. The molecule has 0 saturated heterocycles. The Bertz CT molecular complexity index is 1140. The highest BCUT2D eigenvalue weighted by Crippen LogP contribution is 2.27. The number of benzene rings is 3. The van der Waals surface area contributed by atoms with Gasteiger partial charge in [0.1, 0.15) is 17.4 Å². The lowest BCUT2D eigenvalue weighted by molar-refractivity contribution is 0.303. The van der Waals surface area contributed by atoms with Crippen molar-refractivity contribution in [3.8, 4) is 17.1 Å². The first-order valence-electron chi connectivity index (χ1n) is 10.1. The van der Waals surface area contributed by atoms with Gasteiger partial charge in [-0.15, -0.1) is 0 Å². The van der Waals surface area contributed by atoms with Crippen LogP contribution in [0, 0.1) is 19.7 Å². The van der Waals surface area contributed by atoms with Gasteiger partial charge in [-0.25, -0.2) is 9.37 Å². The summed E-state index contributed by atoms with van der Waals surface area (Å²) in [6, 6.07) is 18.5. The van der Waals surface area contributed by atoms with Crippen LogP contribution in [0.5, 0.6) is 5.75 Å². The van der Waals surface area contributed by atoms with Crippen molar-refractivity contribution < 1.29 is 9.13 Å². The van der Waals surface area contributed by atoms with E-state index in [0.717, 1.165) is 63.7 Å². The summed E-state index contributed by atoms with van der Waals surface area (Å²) in [7, 11) is 0. The van der Waals surface area contributed by atoms with Crippen LogP contribution in [0.4, 0.5) is 4.39 Å². The molecule has 4 rings (SSSR count). The van der Waals surface area contributed by atoms with E-state index in [1.165, 1.54) is 12.1 Å². The van der Waals surface area contributed by atoms with Crippen molar-refractivity contribution >= 4 is 22.6 Å². The van der Waals surface area contributed by atoms with E-state index < -0.39 is 0 Å². The number of aryl methyl sites for hydroxylation is 3. The highest BCUT2D eigenvalue weighted by molar-refractivity contribution is 6.32. The number of unbranched alkanes of at least 4 members (excludes halogenated alkanes) is 1. The molecule has 30 heavy (non-hydrogen) atoms.